The SMILES string of the molecule is CCOC(=O)[C@@H]1[C@@H]2CC[C@]3(O2)[C@H](C(=O)Nc2c(C)cccc2C)N([C@H](CO)c2ccccc2)C(=O)[C@@H]13. The van der Waals surface area contributed by atoms with E-state index in [9.17, 15) is 19.5 Å². The second-order valence-corrected chi connectivity index (χ2v) is 9.92. The first-order valence-corrected chi connectivity index (χ1v) is 12.5. The smallest absolute Gasteiger partial charge is 0.312 e. The van der Waals surface area contributed by atoms with E-state index in [1.165, 1.54) is 4.90 Å². The van der Waals surface area contributed by atoms with Gasteiger partial charge in [0, 0.05) is 5.69 Å². The number of rotatable bonds is 7. The van der Waals surface area contributed by atoms with Gasteiger partial charge in [0.1, 0.15) is 11.6 Å². The van der Waals surface area contributed by atoms with Gasteiger partial charge in [0.25, 0.3) is 0 Å². The molecule has 0 saturated carbocycles. The van der Waals surface area contributed by atoms with Crippen molar-refractivity contribution >= 4 is 23.5 Å². The molecule has 1 spiro atoms. The zero-order chi connectivity index (χ0) is 25.6. The van der Waals surface area contributed by atoms with E-state index in [2.05, 4.69) is 5.32 Å². The number of ether oxygens (including phenoxy) is 2. The third kappa shape index (κ3) is 3.62. The summed E-state index contributed by atoms with van der Waals surface area (Å²) in [6.45, 7) is 5.37. The Balaban J connectivity index is 1.60. The normalized spacial score (nSPS) is 29.2. The number of para-hydroxylation sites is 1. The van der Waals surface area contributed by atoms with E-state index < -0.39 is 41.6 Å². The molecule has 2 bridgehead atoms. The lowest BCUT2D eigenvalue weighted by molar-refractivity contribution is -0.155. The van der Waals surface area contributed by atoms with Crippen LogP contribution in [0.15, 0.2) is 48.5 Å². The number of nitrogens with zero attached hydrogens (tertiary/aromatic N) is 1. The van der Waals surface area contributed by atoms with Crippen molar-refractivity contribution < 1.29 is 29.0 Å². The van der Waals surface area contributed by atoms with Crippen molar-refractivity contribution in [2.45, 2.75) is 57.4 Å². The van der Waals surface area contributed by atoms with Crippen LogP contribution in [0.4, 0.5) is 5.69 Å². The van der Waals surface area contributed by atoms with Gasteiger partial charge in [-0.2, -0.15) is 0 Å². The Kier molecular flexibility index (Phi) is 6.34. The van der Waals surface area contributed by atoms with Crippen molar-refractivity contribution in [3.05, 3.63) is 65.2 Å². The molecule has 190 valence electrons. The van der Waals surface area contributed by atoms with Crippen LogP contribution in [0.25, 0.3) is 0 Å². The van der Waals surface area contributed by atoms with E-state index in [1.54, 1.807) is 6.92 Å². The van der Waals surface area contributed by atoms with E-state index in [0.717, 1.165) is 11.1 Å². The molecule has 0 aromatic heterocycles. The van der Waals surface area contributed by atoms with Gasteiger partial charge in [-0.3, -0.25) is 14.4 Å². The first-order valence-electron chi connectivity index (χ1n) is 12.5. The molecule has 8 heteroatoms. The molecule has 2 amide bonds. The van der Waals surface area contributed by atoms with Crippen molar-refractivity contribution in [2.24, 2.45) is 11.8 Å². The number of carbonyl (C=O) groups excluding carboxylic acids is 3. The molecule has 8 nitrogen and oxygen atoms in total. The molecule has 2 N–H and O–H groups in total. The fourth-order valence-electron chi connectivity index (χ4n) is 6.47. The Bertz CT molecular complexity index is 1160. The lowest BCUT2D eigenvalue weighted by atomic mass is 9.70. The second kappa shape index (κ2) is 9.33. The molecule has 3 heterocycles. The Morgan fingerprint density at radius 1 is 1.17 bits per heavy atom. The lowest BCUT2D eigenvalue weighted by Gasteiger charge is -2.37. The summed E-state index contributed by atoms with van der Waals surface area (Å²) in [7, 11) is 0. The average Bonchev–Trinajstić information content (AvgIpc) is 3.51. The Morgan fingerprint density at radius 3 is 2.50 bits per heavy atom. The number of esters is 1. The van der Waals surface area contributed by atoms with Crippen LogP contribution in [0.2, 0.25) is 0 Å². The van der Waals surface area contributed by atoms with Crippen LogP contribution >= 0.6 is 0 Å². The highest BCUT2D eigenvalue weighted by Gasteiger charge is 2.75. The van der Waals surface area contributed by atoms with E-state index in [-0.39, 0.29) is 25.0 Å². The molecule has 36 heavy (non-hydrogen) atoms. The number of hydrogen-bond acceptors (Lipinski definition) is 6. The molecule has 3 fully saturated rings. The maximum Gasteiger partial charge on any atom is 0.312 e. The summed E-state index contributed by atoms with van der Waals surface area (Å²) < 4.78 is 11.7. The van der Waals surface area contributed by atoms with E-state index in [0.29, 0.717) is 24.1 Å². The molecule has 0 radical (unpaired) electrons. The Labute approximate surface area is 210 Å². The van der Waals surface area contributed by atoms with Gasteiger partial charge in [0.05, 0.1) is 37.2 Å². The largest absolute Gasteiger partial charge is 0.466 e. The summed E-state index contributed by atoms with van der Waals surface area (Å²) in [4.78, 5) is 42.6. The molecule has 2 aromatic rings. The zero-order valence-electron chi connectivity index (χ0n) is 20.8. The van der Waals surface area contributed by atoms with E-state index in [4.69, 9.17) is 9.47 Å². The van der Waals surface area contributed by atoms with Crippen molar-refractivity contribution in [1.82, 2.24) is 4.90 Å². The highest BCUT2D eigenvalue weighted by molar-refractivity contribution is 6.04. The first-order chi connectivity index (χ1) is 17.3. The van der Waals surface area contributed by atoms with Crippen LogP contribution in [0, 0.1) is 25.7 Å². The van der Waals surface area contributed by atoms with Crippen LogP contribution < -0.4 is 5.32 Å². The minimum atomic E-state index is -1.16. The molecular weight excluding hydrogens is 460 g/mol. The van der Waals surface area contributed by atoms with Gasteiger partial charge in [-0.25, -0.2) is 0 Å². The van der Waals surface area contributed by atoms with Gasteiger partial charge < -0.3 is 24.8 Å². The molecule has 3 aliphatic rings. The third-order valence-corrected chi connectivity index (χ3v) is 7.97. The van der Waals surface area contributed by atoms with Crippen LogP contribution in [-0.4, -0.2) is 58.8 Å². The molecule has 3 aliphatic heterocycles. The summed E-state index contributed by atoms with van der Waals surface area (Å²) in [6, 6.07) is 13.1. The second-order valence-electron chi connectivity index (χ2n) is 9.92. The topological polar surface area (TPSA) is 105 Å². The van der Waals surface area contributed by atoms with E-state index >= 15 is 0 Å². The van der Waals surface area contributed by atoms with E-state index in [1.807, 2.05) is 62.4 Å². The summed E-state index contributed by atoms with van der Waals surface area (Å²) in [5, 5.41) is 13.5. The van der Waals surface area contributed by atoms with Crippen LogP contribution in [0.1, 0.15) is 42.5 Å². The number of anilines is 1. The fraction of sp³-hybridized carbons (Fsp3) is 0.464. The summed E-state index contributed by atoms with van der Waals surface area (Å²) in [6.07, 6.45) is 0.557. The number of benzene rings is 2. The van der Waals surface area contributed by atoms with Crippen molar-refractivity contribution in [3.63, 3.8) is 0 Å². The van der Waals surface area contributed by atoms with Gasteiger partial charge in [0.2, 0.25) is 11.8 Å². The minimum Gasteiger partial charge on any atom is -0.466 e. The predicted molar refractivity (Wildman–Crippen MR) is 132 cm³/mol. The number of aliphatic hydroxyl groups excluding tert-OH is 1. The number of aryl methyl sites for hydroxylation is 2. The number of nitrogens with one attached hydrogen (secondary N) is 1. The number of likely N-dealkylation sites (tertiary alicyclic amines) is 1. The third-order valence-electron chi connectivity index (χ3n) is 7.97. The molecular formula is C28H32N2O6. The quantitative estimate of drug-likeness (QED) is 0.576. The summed E-state index contributed by atoms with van der Waals surface area (Å²) in [5.74, 6) is -2.84. The summed E-state index contributed by atoms with van der Waals surface area (Å²) >= 11 is 0. The van der Waals surface area contributed by atoms with Gasteiger partial charge in [-0.05, 0) is 50.3 Å². The van der Waals surface area contributed by atoms with Crippen LogP contribution in [0.5, 0.6) is 0 Å². The number of amides is 2. The van der Waals surface area contributed by atoms with Gasteiger partial charge in [0.15, 0.2) is 0 Å². The maximum absolute atomic E-state index is 14.1. The Morgan fingerprint density at radius 2 is 1.86 bits per heavy atom. The van der Waals surface area contributed by atoms with Crippen LogP contribution in [0.3, 0.4) is 0 Å². The number of fused-ring (bicyclic) bond motifs is 1. The van der Waals surface area contributed by atoms with Gasteiger partial charge in [-0.15, -0.1) is 0 Å². The Hall–Kier alpha value is -3.23. The molecule has 6 atom stereocenters. The molecule has 0 aliphatic carbocycles. The predicted octanol–water partition coefficient (Wildman–Crippen LogP) is 2.91. The molecule has 2 aromatic carbocycles. The van der Waals surface area contributed by atoms with Crippen molar-refractivity contribution in [1.29, 1.82) is 0 Å². The van der Waals surface area contributed by atoms with Crippen molar-refractivity contribution in [3.8, 4) is 0 Å². The molecule has 3 saturated heterocycles. The van der Waals surface area contributed by atoms with Gasteiger partial charge in [-0.1, -0.05) is 48.5 Å². The standard InChI is InChI=1S/C28H32N2O6/c1-4-35-27(34)21-20-13-14-28(36-20)22(21)26(33)30(19(15-31)18-11-6-5-7-12-18)24(28)25(32)29-23-16(2)9-8-10-17(23)3/h5-12,19-22,24,31H,4,13-15H2,1-3H3,(H,29,32)/t19-,20+,21-,22-,24+,28-/m1/s1. The lowest BCUT2D eigenvalue weighted by Crippen LogP contribution is -2.54. The molecule has 5 rings (SSSR count). The van der Waals surface area contributed by atoms with Crippen molar-refractivity contribution in [2.75, 3.05) is 18.5 Å². The molecule has 0 unspecified atom stereocenters. The summed E-state index contributed by atoms with van der Waals surface area (Å²) in [5.41, 5.74) is 2.02. The monoisotopic (exact) mass is 492 g/mol. The fourth-order valence-corrected chi connectivity index (χ4v) is 6.47. The number of hydrogen-bond donors (Lipinski definition) is 2. The average molecular weight is 493 g/mol. The highest BCUT2D eigenvalue weighted by Crippen LogP contribution is 2.60. The maximum atomic E-state index is 14.1. The highest BCUT2D eigenvalue weighted by atomic mass is 16.6. The first kappa shape index (κ1) is 24.5. The zero-order valence-corrected chi connectivity index (χ0v) is 20.8. The van der Waals surface area contributed by atoms with Gasteiger partial charge >= 0.3 is 5.97 Å². The van der Waals surface area contributed by atoms with Crippen LogP contribution in [-0.2, 0) is 23.9 Å². The number of carbonyl (C=O) groups is 3. The minimum absolute atomic E-state index is 0.194. The number of aliphatic hydroxyl groups is 1.